The summed E-state index contributed by atoms with van der Waals surface area (Å²) in [5.41, 5.74) is -0.343. The number of aldehydes is 1. The summed E-state index contributed by atoms with van der Waals surface area (Å²) >= 11 is 0. The van der Waals surface area contributed by atoms with Gasteiger partial charge in [-0.25, -0.2) is 0 Å². The van der Waals surface area contributed by atoms with Gasteiger partial charge in [-0.3, -0.25) is 19.2 Å². The first-order chi connectivity index (χ1) is 33.6. The van der Waals surface area contributed by atoms with E-state index in [1.807, 2.05) is 13.8 Å². The maximum atomic E-state index is 13.5. The minimum Gasteiger partial charge on any atom is -0.506 e. The van der Waals surface area contributed by atoms with Crippen molar-refractivity contribution in [3.05, 3.63) is 29.3 Å². The highest BCUT2D eigenvalue weighted by atomic mass is 16.6. The highest BCUT2D eigenvalue weighted by Gasteiger charge is 2.50. The van der Waals surface area contributed by atoms with Gasteiger partial charge in [0.15, 0.2) is 6.29 Å². The summed E-state index contributed by atoms with van der Waals surface area (Å²) < 4.78 is 59.6. The minimum absolute atomic E-state index is 0.00549. The lowest BCUT2D eigenvalue weighted by Gasteiger charge is -2.47. The van der Waals surface area contributed by atoms with Crippen molar-refractivity contribution in [3.8, 4) is 5.75 Å². The lowest BCUT2D eigenvalue weighted by molar-refractivity contribution is -0.220. The number of methoxy groups -OCH3 is 1. The Morgan fingerprint density at radius 3 is 1.39 bits per heavy atom. The summed E-state index contributed by atoms with van der Waals surface area (Å²) in [4.78, 5) is 50.0. The summed E-state index contributed by atoms with van der Waals surface area (Å²) in [6.07, 6.45) is -9.14. The van der Waals surface area contributed by atoms with E-state index in [0.29, 0.717) is 6.29 Å². The van der Waals surface area contributed by atoms with Crippen LogP contribution in [0.15, 0.2) is 18.2 Å². The van der Waals surface area contributed by atoms with Gasteiger partial charge in [-0.05, 0) is 26.0 Å². The van der Waals surface area contributed by atoms with Crippen molar-refractivity contribution < 1.29 is 102 Å². The normalized spacial score (nSPS) is 31.3. The van der Waals surface area contributed by atoms with Crippen molar-refractivity contribution in [3.63, 3.8) is 0 Å². The second-order valence-corrected chi connectivity index (χ2v) is 17.7. The molecule has 3 aliphatic heterocycles. The number of nitrogens with one attached hydrogen (secondary N) is 3. The van der Waals surface area contributed by atoms with E-state index in [-0.39, 0.29) is 116 Å². The largest absolute Gasteiger partial charge is 0.506 e. The van der Waals surface area contributed by atoms with Crippen LogP contribution in [-0.4, -0.2) is 245 Å². The van der Waals surface area contributed by atoms with Crippen molar-refractivity contribution in [1.82, 2.24) is 16.0 Å². The molecule has 70 heavy (non-hydrogen) atoms. The lowest BCUT2D eigenvalue weighted by Crippen LogP contribution is -2.65. The van der Waals surface area contributed by atoms with Crippen LogP contribution in [0.2, 0.25) is 0 Å². The maximum Gasteiger partial charge on any atom is 0.255 e. The Kier molecular flexibility index (Phi) is 25.7. The van der Waals surface area contributed by atoms with Gasteiger partial charge in [0.25, 0.3) is 5.91 Å². The number of hydrogen-bond donors (Lipinski definition) is 10. The zero-order valence-electron chi connectivity index (χ0n) is 40.5. The summed E-state index contributed by atoms with van der Waals surface area (Å²) in [5, 5.41) is 82.6. The number of carbonyl (C=O) groups is 4. The van der Waals surface area contributed by atoms with E-state index in [0.717, 1.165) is 0 Å². The number of rotatable bonds is 30. The fourth-order valence-electron chi connectivity index (χ4n) is 8.86. The number of benzene rings is 1. The Labute approximate surface area is 407 Å². The summed E-state index contributed by atoms with van der Waals surface area (Å²) in [6, 6.07) is 0.861. The number of phenolic OH excluding ortho intramolecular Hbond substituents is 1. The predicted octanol–water partition coefficient (Wildman–Crippen LogP) is -3.32. The molecule has 3 aliphatic rings. The topological polar surface area (TPSA) is 338 Å². The molecule has 0 aliphatic carbocycles. The maximum absolute atomic E-state index is 13.5. The molecule has 0 bridgehead atoms. The molecular formula is C46H75N3O21. The SMILES string of the molecule is COCC1OC(COCCO)C(COCC2OC(COCCO)C(COCC3OC(COCCO)C(COC(C)C)C(O)C3NC(C)=O)C(O)C2NC(C)=O)C(O)C1NC(=O)c1cccc(C=O)c1O. The Hall–Kier alpha value is -3.54. The molecule has 1 aromatic carbocycles. The fraction of sp³-hybridized carbons (Fsp3) is 0.783. The third-order valence-electron chi connectivity index (χ3n) is 12.3. The highest BCUT2D eigenvalue weighted by Crippen LogP contribution is 2.33. The molecule has 0 radical (unpaired) electrons. The molecule has 0 saturated carbocycles. The molecule has 3 heterocycles. The van der Waals surface area contributed by atoms with E-state index in [2.05, 4.69) is 16.0 Å². The summed E-state index contributed by atoms with van der Waals surface area (Å²) in [6.45, 7) is 4.06. The number of aliphatic hydroxyl groups is 6. The number of amides is 3. The monoisotopic (exact) mass is 1010 g/mol. The number of para-hydroxylation sites is 1. The van der Waals surface area contributed by atoms with Gasteiger partial charge in [-0.1, -0.05) is 6.07 Å². The van der Waals surface area contributed by atoms with Crippen LogP contribution in [0.1, 0.15) is 48.4 Å². The van der Waals surface area contributed by atoms with Crippen molar-refractivity contribution in [1.29, 1.82) is 0 Å². The first-order valence-corrected chi connectivity index (χ1v) is 23.5. The average molecular weight is 1010 g/mol. The molecule has 3 saturated heterocycles. The standard InChI is InChI=1S/C46H75N3O21/c1-25(2)67-18-32-35(22-64-14-11-52)70-38(40(45(32)59)48-27(4)55)24-65-16-30-34(21-63-13-10-51)69-37(39(43(30)57)47-26(3)54)23-66-17-31-33(20-62-12-9-50)68-36(19-61-5)41(44(31)58)49-46(60)29-8-6-7-28(15-53)42(29)56/h6-8,15,25,30-41,43-45,50-52,56-59H,9-14,16-24H2,1-5H3,(H,47,54)(H,48,55)(H,49,60). The Bertz CT molecular complexity index is 1730. The Morgan fingerprint density at radius 1 is 0.600 bits per heavy atom. The van der Waals surface area contributed by atoms with Crippen molar-refractivity contribution in [2.45, 2.75) is 107 Å². The van der Waals surface area contributed by atoms with Crippen molar-refractivity contribution in [2.75, 3.05) is 106 Å². The predicted molar refractivity (Wildman–Crippen MR) is 243 cm³/mol. The van der Waals surface area contributed by atoms with Gasteiger partial charge in [-0.2, -0.15) is 0 Å². The molecule has 0 spiro atoms. The van der Waals surface area contributed by atoms with E-state index in [1.165, 1.54) is 39.2 Å². The Balaban J connectivity index is 1.54. The van der Waals surface area contributed by atoms with Crippen LogP contribution in [-0.2, 0) is 57.0 Å². The van der Waals surface area contributed by atoms with Crippen LogP contribution in [0, 0.1) is 17.8 Å². The zero-order chi connectivity index (χ0) is 51.3. The molecule has 15 unspecified atom stereocenters. The van der Waals surface area contributed by atoms with E-state index >= 15 is 0 Å². The molecule has 15 atom stereocenters. The summed E-state index contributed by atoms with van der Waals surface area (Å²) in [7, 11) is 1.40. The number of carbonyl (C=O) groups excluding carboxylic acids is 4. The van der Waals surface area contributed by atoms with Gasteiger partial charge in [-0.15, -0.1) is 0 Å². The first-order valence-electron chi connectivity index (χ1n) is 23.5. The van der Waals surface area contributed by atoms with Crippen molar-refractivity contribution >= 4 is 24.0 Å². The van der Waals surface area contributed by atoms with Gasteiger partial charge in [0.1, 0.15) is 24.1 Å². The third kappa shape index (κ3) is 17.0. The van der Waals surface area contributed by atoms with E-state index < -0.39 is 114 Å². The summed E-state index contributed by atoms with van der Waals surface area (Å²) in [5.74, 6) is -4.75. The van der Waals surface area contributed by atoms with Gasteiger partial charge >= 0.3 is 0 Å². The van der Waals surface area contributed by atoms with Crippen LogP contribution >= 0.6 is 0 Å². The van der Waals surface area contributed by atoms with Gasteiger partial charge < -0.3 is 99.1 Å². The minimum atomic E-state index is -1.40. The number of hydrogen-bond acceptors (Lipinski definition) is 21. The quantitative estimate of drug-likeness (QED) is 0.0266. The van der Waals surface area contributed by atoms with Crippen LogP contribution in [0.4, 0.5) is 0 Å². The number of aliphatic hydroxyl groups excluding tert-OH is 6. The molecule has 400 valence electrons. The van der Waals surface area contributed by atoms with E-state index in [1.54, 1.807) is 0 Å². The van der Waals surface area contributed by atoms with Gasteiger partial charge in [0, 0.05) is 38.7 Å². The molecule has 1 aromatic rings. The van der Waals surface area contributed by atoms with E-state index in [9.17, 15) is 54.9 Å². The molecule has 24 nitrogen and oxygen atoms in total. The number of aromatic hydroxyl groups is 1. The second-order valence-electron chi connectivity index (χ2n) is 17.7. The smallest absolute Gasteiger partial charge is 0.255 e. The van der Waals surface area contributed by atoms with Crippen LogP contribution < -0.4 is 16.0 Å². The molecule has 10 N–H and O–H groups in total. The van der Waals surface area contributed by atoms with Crippen LogP contribution in [0.5, 0.6) is 5.75 Å². The van der Waals surface area contributed by atoms with Gasteiger partial charge in [0.2, 0.25) is 11.8 Å². The molecular weight excluding hydrogens is 931 g/mol. The molecule has 3 fully saturated rings. The molecule has 0 aromatic heterocycles. The zero-order valence-corrected chi connectivity index (χ0v) is 40.5. The molecule has 24 heteroatoms. The highest BCUT2D eigenvalue weighted by molar-refractivity contribution is 5.99. The van der Waals surface area contributed by atoms with Crippen LogP contribution in [0.25, 0.3) is 0 Å². The lowest BCUT2D eigenvalue weighted by atomic mass is 9.84. The van der Waals surface area contributed by atoms with E-state index in [4.69, 9.17) is 47.4 Å². The number of ether oxygens (including phenoxy) is 10. The average Bonchev–Trinajstić information content (AvgIpc) is 3.31. The fourth-order valence-corrected chi connectivity index (χ4v) is 8.86. The second kappa shape index (κ2) is 30.5. The molecule has 3 amide bonds. The first kappa shape index (κ1) is 59.0. The Morgan fingerprint density at radius 2 is 1.00 bits per heavy atom. The number of phenols is 1. The van der Waals surface area contributed by atoms with Crippen LogP contribution in [0.3, 0.4) is 0 Å². The van der Waals surface area contributed by atoms with Gasteiger partial charge in [0.05, 0.1) is 171 Å². The molecule has 4 rings (SSSR count). The third-order valence-corrected chi connectivity index (χ3v) is 12.3. The van der Waals surface area contributed by atoms with Crippen molar-refractivity contribution in [2.24, 2.45) is 17.8 Å².